The van der Waals surface area contributed by atoms with Gasteiger partial charge in [-0.2, -0.15) is 0 Å². The van der Waals surface area contributed by atoms with Gasteiger partial charge >= 0.3 is 0 Å². The Balaban J connectivity index is 0.000000154. The van der Waals surface area contributed by atoms with Crippen LogP contribution in [0.15, 0.2) is 123 Å². The summed E-state index contributed by atoms with van der Waals surface area (Å²) in [6.45, 7) is 3.88. The van der Waals surface area contributed by atoms with Gasteiger partial charge in [0.25, 0.3) is 0 Å². The number of aromatic nitrogens is 10. The van der Waals surface area contributed by atoms with Crippen LogP contribution in [0.3, 0.4) is 0 Å². The van der Waals surface area contributed by atoms with Gasteiger partial charge in [0.2, 0.25) is 0 Å². The minimum absolute atomic E-state index is 0.273. The number of rotatable bonds is 8. The van der Waals surface area contributed by atoms with E-state index in [4.69, 9.17) is 0 Å². The molecule has 0 aliphatic rings. The predicted octanol–water partition coefficient (Wildman–Crippen LogP) is 10.0. The molecular weight excluding hydrogens is 773 g/mol. The van der Waals surface area contributed by atoms with E-state index in [1.165, 1.54) is 61.2 Å². The lowest BCUT2D eigenvalue weighted by atomic mass is 9.93. The van der Waals surface area contributed by atoms with Gasteiger partial charge in [-0.3, -0.25) is 9.97 Å². The molecule has 0 unspecified atom stereocenters. The summed E-state index contributed by atoms with van der Waals surface area (Å²) in [6.07, 6.45) is 9.41. The molecule has 0 saturated carbocycles. The quantitative estimate of drug-likeness (QED) is 0.109. The highest BCUT2D eigenvalue weighted by Gasteiger charge is 2.21. The van der Waals surface area contributed by atoms with Gasteiger partial charge < -0.3 is 20.6 Å². The molecule has 0 radical (unpaired) electrons. The van der Waals surface area contributed by atoms with Crippen LogP contribution in [0.25, 0.3) is 66.4 Å². The van der Waals surface area contributed by atoms with Gasteiger partial charge in [0.15, 0.2) is 22.9 Å². The molecule has 4 N–H and O–H groups in total. The van der Waals surface area contributed by atoms with Crippen LogP contribution in [-0.4, -0.2) is 49.8 Å². The second kappa shape index (κ2) is 15.8. The molecule has 4 aromatic carbocycles. The Labute approximate surface area is 338 Å². The largest absolute Gasteiger partial charge is 0.362 e. The lowest BCUT2D eigenvalue weighted by molar-refractivity contribution is 0.627. The Hall–Kier alpha value is -7.88. The third-order valence-corrected chi connectivity index (χ3v) is 10.0. The van der Waals surface area contributed by atoms with Crippen molar-refractivity contribution in [1.82, 2.24) is 49.8 Å². The molecule has 296 valence electrons. The maximum atomic E-state index is 14.1. The molecule has 60 heavy (non-hydrogen) atoms. The first kappa shape index (κ1) is 37.7. The second-order valence-electron chi connectivity index (χ2n) is 13.9. The number of pyridine rings is 2. The van der Waals surface area contributed by atoms with E-state index in [1.54, 1.807) is 61.4 Å². The van der Waals surface area contributed by atoms with Crippen molar-refractivity contribution < 1.29 is 17.6 Å². The standard InChI is InChI=1S/2C22H16F2N6/c2*1-12(30-22-20-21(27-10-26-20)28-11-29-22)17-9-25-18-6-5-15(24)8-16(18)19(17)13-3-2-4-14(23)7-13/h2*2-12H,1H3,(H2,26,27,28,29,30)/t2*12-/m10/s1. The maximum absolute atomic E-state index is 14.1. The Kier molecular flexibility index (Phi) is 9.93. The van der Waals surface area contributed by atoms with Crippen molar-refractivity contribution in [3.05, 3.63) is 157 Å². The molecule has 2 atom stereocenters. The van der Waals surface area contributed by atoms with E-state index in [-0.39, 0.29) is 35.4 Å². The van der Waals surface area contributed by atoms with Crippen LogP contribution in [0.2, 0.25) is 0 Å². The number of benzene rings is 4. The first-order valence-electron chi connectivity index (χ1n) is 18.7. The van der Waals surface area contributed by atoms with Gasteiger partial charge in [-0.25, -0.2) is 47.5 Å². The van der Waals surface area contributed by atoms with E-state index in [0.29, 0.717) is 78.0 Å². The van der Waals surface area contributed by atoms with Gasteiger partial charge in [-0.15, -0.1) is 0 Å². The number of nitrogens with zero attached hydrogens (tertiary/aromatic N) is 8. The van der Waals surface area contributed by atoms with Crippen LogP contribution in [0, 0.1) is 23.3 Å². The smallest absolute Gasteiger partial charge is 0.182 e. The highest BCUT2D eigenvalue weighted by atomic mass is 19.1. The Morgan fingerprint density at radius 2 is 0.917 bits per heavy atom. The molecule has 0 saturated heterocycles. The third-order valence-electron chi connectivity index (χ3n) is 10.0. The fourth-order valence-electron chi connectivity index (χ4n) is 7.26. The zero-order chi connectivity index (χ0) is 41.3. The average molecular weight is 805 g/mol. The van der Waals surface area contributed by atoms with Gasteiger partial charge in [0.05, 0.1) is 35.8 Å². The topological polar surface area (TPSA) is 159 Å². The Morgan fingerprint density at radius 3 is 1.35 bits per heavy atom. The molecule has 12 nitrogen and oxygen atoms in total. The van der Waals surface area contributed by atoms with Crippen molar-refractivity contribution in [2.75, 3.05) is 10.6 Å². The molecule has 0 aliphatic heterocycles. The number of imidazole rings is 2. The summed E-state index contributed by atoms with van der Waals surface area (Å²) in [5, 5.41) is 7.91. The third kappa shape index (κ3) is 7.37. The molecule has 0 spiro atoms. The molecular formula is C44H32F4N12. The van der Waals surface area contributed by atoms with E-state index in [1.807, 2.05) is 13.8 Å². The highest BCUT2D eigenvalue weighted by Crippen LogP contribution is 2.38. The fraction of sp³-hybridized carbons (Fsp3) is 0.0909. The molecule has 0 fully saturated rings. The Bertz CT molecular complexity index is 2970. The fourth-order valence-corrected chi connectivity index (χ4v) is 7.26. The normalized spacial score (nSPS) is 12.4. The second-order valence-corrected chi connectivity index (χ2v) is 13.9. The summed E-state index contributed by atoms with van der Waals surface area (Å²) in [4.78, 5) is 40.2. The molecule has 6 aromatic heterocycles. The van der Waals surface area contributed by atoms with Crippen LogP contribution < -0.4 is 10.6 Å². The van der Waals surface area contributed by atoms with E-state index < -0.39 is 0 Å². The lowest BCUT2D eigenvalue weighted by Gasteiger charge is -2.20. The van der Waals surface area contributed by atoms with E-state index in [9.17, 15) is 17.6 Å². The number of halogens is 4. The van der Waals surface area contributed by atoms with Crippen molar-refractivity contribution in [2.45, 2.75) is 25.9 Å². The zero-order valence-corrected chi connectivity index (χ0v) is 31.8. The average Bonchev–Trinajstić information content (AvgIpc) is 3.95. The number of nitrogens with one attached hydrogen (secondary N) is 4. The molecule has 0 amide bonds. The monoisotopic (exact) mass is 804 g/mol. The Morgan fingerprint density at radius 1 is 0.483 bits per heavy atom. The SMILES string of the molecule is C[C@@H](Nc1ncnc2nc[nH]c12)c1cnc2ccc(F)cc2c1-c1cccc(F)c1.C[C@H](Nc1ncnc2nc[nH]c12)c1cnc2ccc(F)cc2c1-c1cccc(F)c1. The predicted molar refractivity (Wildman–Crippen MR) is 222 cm³/mol. The number of fused-ring (bicyclic) bond motifs is 4. The van der Waals surface area contributed by atoms with Gasteiger partial charge in [-0.1, -0.05) is 24.3 Å². The van der Waals surface area contributed by atoms with E-state index in [0.717, 1.165) is 11.1 Å². The summed E-state index contributed by atoms with van der Waals surface area (Å²) < 4.78 is 56.2. The summed E-state index contributed by atoms with van der Waals surface area (Å²) in [5.74, 6) is -0.334. The lowest BCUT2D eigenvalue weighted by Crippen LogP contribution is -2.11. The van der Waals surface area contributed by atoms with Crippen LogP contribution in [0.5, 0.6) is 0 Å². The van der Waals surface area contributed by atoms with Crippen LogP contribution in [0.1, 0.15) is 37.1 Å². The molecule has 10 aromatic rings. The van der Waals surface area contributed by atoms with Crippen LogP contribution >= 0.6 is 0 Å². The highest BCUT2D eigenvalue weighted by molar-refractivity contribution is 5.98. The minimum Gasteiger partial charge on any atom is -0.362 e. The zero-order valence-electron chi connectivity index (χ0n) is 31.8. The van der Waals surface area contributed by atoms with Gasteiger partial charge in [0, 0.05) is 34.3 Å². The van der Waals surface area contributed by atoms with Gasteiger partial charge in [-0.05, 0) is 96.8 Å². The first-order valence-corrected chi connectivity index (χ1v) is 18.7. The molecule has 0 bridgehead atoms. The summed E-state index contributed by atoms with van der Waals surface area (Å²) in [5.41, 5.74) is 7.99. The maximum Gasteiger partial charge on any atom is 0.182 e. The first-order chi connectivity index (χ1) is 29.2. The molecule has 16 heteroatoms. The van der Waals surface area contributed by atoms with Crippen molar-refractivity contribution in [3.63, 3.8) is 0 Å². The number of hydrogen-bond donors (Lipinski definition) is 4. The summed E-state index contributed by atoms with van der Waals surface area (Å²) >= 11 is 0. The van der Waals surface area contributed by atoms with Gasteiger partial charge in [0.1, 0.15) is 47.0 Å². The van der Waals surface area contributed by atoms with Crippen LogP contribution in [-0.2, 0) is 0 Å². The number of anilines is 2. The molecule has 6 heterocycles. The molecule has 10 rings (SSSR count). The number of aromatic amines is 2. The summed E-state index contributed by atoms with van der Waals surface area (Å²) in [6, 6.07) is 20.8. The van der Waals surface area contributed by atoms with Crippen molar-refractivity contribution in [3.8, 4) is 22.3 Å². The van der Waals surface area contributed by atoms with Crippen molar-refractivity contribution in [1.29, 1.82) is 0 Å². The summed E-state index contributed by atoms with van der Waals surface area (Å²) in [7, 11) is 0. The van der Waals surface area contributed by atoms with Crippen LogP contribution in [0.4, 0.5) is 29.2 Å². The van der Waals surface area contributed by atoms with Crippen molar-refractivity contribution >= 4 is 55.8 Å². The van der Waals surface area contributed by atoms with E-state index >= 15 is 0 Å². The van der Waals surface area contributed by atoms with Crippen molar-refractivity contribution in [2.24, 2.45) is 0 Å². The number of hydrogen-bond acceptors (Lipinski definition) is 10. The minimum atomic E-state index is -0.380. The molecule has 0 aliphatic carbocycles. The van der Waals surface area contributed by atoms with E-state index in [2.05, 4.69) is 60.5 Å². The number of H-pyrrole nitrogens is 2.